The van der Waals surface area contributed by atoms with Crippen LogP contribution < -0.4 is 31.9 Å². The van der Waals surface area contributed by atoms with Crippen LogP contribution in [0.15, 0.2) is 127 Å². The van der Waals surface area contributed by atoms with Crippen molar-refractivity contribution in [3.63, 3.8) is 0 Å². The van der Waals surface area contributed by atoms with Crippen molar-refractivity contribution >= 4 is 66.7 Å². The number of halogens is 15. The number of fused-ring (bicyclic) bond motifs is 1. The number of nitrogens with zero attached hydrogens (tertiary/aromatic N) is 2. The molecule has 1 heterocycles. The van der Waals surface area contributed by atoms with Gasteiger partial charge in [0.15, 0.2) is 0 Å². The van der Waals surface area contributed by atoms with Crippen LogP contribution >= 0.6 is 0 Å². The number of hydrogen-bond acceptors (Lipinski definition) is 3. The van der Waals surface area contributed by atoms with E-state index in [9.17, 15) is 0 Å². The van der Waals surface area contributed by atoms with Gasteiger partial charge >= 0.3 is 414 Å². The zero-order chi connectivity index (χ0) is 53.1. The van der Waals surface area contributed by atoms with Crippen molar-refractivity contribution in [3.05, 3.63) is 214 Å². The van der Waals surface area contributed by atoms with Gasteiger partial charge in [0, 0.05) is 0 Å². The van der Waals surface area contributed by atoms with Crippen molar-refractivity contribution < 1.29 is 76.5 Å². The Balaban J connectivity index is 1.76. The normalized spacial score (nSPS) is 16.0. The Hall–Kier alpha value is -6.30. The third-order valence-corrected chi connectivity index (χ3v) is 26.1. The Morgan fingerprint density at radius 3 is 1.14 bits per heavy atom. The summed E-state index contributed by atoms with van der Waals surface area (Å²) in [6.07, 6.45) is 0.627. The van der Waals surface area contributed by atoms with Gasteiger partial charge in [-0.2, -0.15) is 0 Å². The summed E-state index contributed by atoms with van der Waals surface area (Å²) in [6, 6.07) is 23.5. The molecule has 380 valence electrons. The molecule has 0 amide bonds. The first-order valence-electron chi connectivity index (χ1n) is 22.3. The van der Waals surface area contributed by atoms with Gasteiger partial charge in [0.1, 0.15) is 0 Å². The molecule has 0 saturated heterocycles. The van der Waals surface area contributed by atoms with Crippen molar-refractivity contribution in [2.75, 3.05) is 13.1 Å². The molecule has 0 unspecified atom stereocenters. The topological polar surface area (TPSA) is 24.7 Å². The van der Waals surface area contributed by atoms with E-state index >= 15 is 65.9 Å². The molecule has 0 radical (unpaired) electrons. The molecule has 73 heavy (non-hydrogen) atoms. The van der Waals surface area contributed by atoms with Gasteiger partial charge in [-0.1, -0.05) is 0 Å². The number of allylic oxidation sites excluding steroid dienone is 5. The third-order valence-electron chi connectivity index (χ3n) is 12.5. The van der Waals surface area contributed by atoms with Crippen LogP contribution in [-0.4, -0.2) is 55.2 Å². The van der Waals surface area contributed by atoms with Gasteiger partial charge < -0.3 is 0 Å². The van der Waals surface area contributed by atoms with E-state index in [-0.39, 0.29) is 27.0 Å². The molecule has 4 nitrogen and oxygen atoms in total. The molecule has 6 aromatic carbocycles. The van der Waals surface area contributed by atoms with Crippen molar-refractivity contribution in [1.29, 1.82) is 0 Å². The Kier molecular flexibility index (Phi) is 14.7. The minimum absolute atomic E-state index is 0.00614. The fraction of sp³-hybridized carbons (Fsp3) is 0.157. The van der Waals surface area contributed by atoms with E-state index in [2.05, 4.69) is 0 Å². The molecule has 1 aliphatic heterocycles. The summed E-state index contributed by atoms with van der Waals surface area (Å²) in [5, 5.41) is 0.745. The fourth-order valence-electron chi connectivity index (χ4n) is 9.53. The zero-order valence-electron chi connectivity index (χ0n) is 38.6. The summed E-state index contributed by atoms with van der Waals surface area (Å²) < 4.78 is 264. The molecule has 0 saturated carbocycles. The third kappa shape index (κ3) is 8.44. The molecule has 2 aliphatic rings. The standard InChI is InChI=1S/C51H38BF15GeN2O2Si/c1-27(2)25-69-32-23-15-8-16-24-33(32)70(26-28(3)4)68(69,72-73(29-17-9-5-10-18-29,30-19-11-6-12-20-30)31-21-13-7-14-22-31)71-52(34-37(53)43(59)49(65)44(60)38(34)54,35-39(55)45(61)50(66)46(62)40(35)56)36-41(57)47(63)51(67)48(64)42(36)58/h5-24,27-28H,25-26H2,1-4H3. The summed E-state index contributed by atoms with van der Waals surface area (Å²) in [5.41, 5.74) is -8.68. The molecule has 0 spiro atoms. The quantitative estimate of drug-likeness (QED) is 0.0359. The van der Waals surface area contributed by atoms with Gasteiger partial charge in [-0.15, -0.1) is 0 Å². The average molecular weight is 1110 g/mol. The van der Waals surface area contributed by atoms with Crippen LogP contribution in [0.1, 0.15) is 27.7 Å². The molecule has 6 aromatic rings. The van der Waals surface area contributed by atoms with Crippen LogP contribution in [0.3, 0.4) is 0 Å². The van der Waals surface area contributed by atoms with Gasteiger partial charge in [-0.3, -0.25) is 0 Å². The van der Waals surface area contributed by atoms with Crippen molar-refractivity contribution in [3.8, 4) is 0 Å². The second kappa shape index (κ2) is 20.2. The summed E-state index contributed by atoms with van der Waals surface area (Å²) in [7, 11) is -4.78. The number of benzene rings is 6. The van der Waals surface area contributed by atoms with E-state index < -0.39 is 158 Å². The van der Waals surface area contributed by atoms with Gasteiger partial charge in [0.25, 0.3) is 0 Å². The van der Waals surface area contributed by atoms with Crippen molar-refractivity contribution in [2.24, 2.45) is 11.8 Å². The van der Waals surface area contributed by atoms with Gasteiger partial charge in [-0.05, 0) is 0 Å². The van der Waals surface area contributed by atoms with Crippen LogP contribution in [0.5, 0.6) is 0 Å². The van der Waals surface area contributed by atoms with E-state index in [4.69, 9.17) is 7.13 Å². The van der Waals surface area contributed by atoms with E-state index in [0.717, 1.165) is 0 Å². The fourth-order valence-corrected chi connectivity index (χ4v) is 27.4. The molecular formula is C51H38BF15GeN2O2Si. The second-order valence-corrected chi connectivity index (χ2v) is 27.6. The predicted molar refractivity (Wildman–Crippen MR) is 248 cm³/mol. The number of hydrogen-bond donors (Lipinski definition) is 0. The average Bonchev–Trinajstić information content (AvgIpc) is 3.50. The second-order valence-electron chi connectivity index (χ2n) is 18.0. The molecule has 0 aromatic heterocycles. The Labute approximate surface area is 412 Å². The molecule has 1 aliphatic carbocycles. The molecule has 0 N–H and O–H groups in total. The minimum atomic E-state index is -7.21. The van der Waals surface area contributed by atoms with Crippen LogP contribution in [0.2, 0.25) is 0 Å². The maximum atomic E-state index is 17.4. The van der Waals surface area contributed by atoms with Crippen molar-refractivity contribution in [2.45, 2.75) is 27.7 Å². The predicted octanol–water partition coefficient (Wildman–Crippen LogP) is 8.97. The molecule has 0 fully saturated rings. The Morgan fingerprint density at radius 1 is 0.466 bits per heavy atom. The Morgan fingerprint density at radius 2 is 0.808 bits per heavy atom. The zero-order valence-corrected chi connectivity index (χ0v) is 41.7. The summed E-state index contributed by atoms with van der Waals surface area (Å²) in [6.45, 7) is 5.49. The van der Waals surface area contributed by atoms with Crippen LogP contribution in [0, 0.1) is 99.1 Å². The first kappa shape index (κ1) is 53.0. The first-order chi connectivity index (χ1) is 34.6. The van der Waals surface area contributed by atoms with E-state index in [0.29, 0.717) is 0 Å². The maximum absolute atomic E-state index is 17.4. The van der Waals surface area contributed by atoms with Gasteiger partial charge in [0.2, 0.25) is 0 Å². The summed E-state index contributed by atoms with van der Waals surface area (Å²) in [4.78, 5) is 0. The Bertz CT molecular complexity index is 2940. The molecule has 1 atom stereocenters. The van der Waals surface area contributed by atoms with Gasteiger partial charge in [-0.25, -0.2) is 0 Å². The molecular weight excluding hydrogens is 1070 g/mol. The van der Waals surface area contributed by atoms with Crippen molar-refractivity contribution in [1.82, 2.24) is 3.86 Å². The van der Waals surface area contributed by atoms with E-state index in [1.165, 1.54) is 37.8 Å². The number of rotatable bonds is 14. The molecule has 0 bridgehead atoms. The first-order valence-corrected chi connectivity index (χ1v) is 27.8. The monoisotopic (exact) mass is 1110 g/mol. The van der Waals surface area contributed by atoms with Crippen LogP contribution in [0.25, 0.3) is 0 Å². The summed E-state index contributed by atoms with van der Waals surface area (Å²) >= 11 is -7.21. The van der Waals surface area contributed by atoms with Crippen LogP contribution in [-0.2, 0) is 7.13 Å². The van der Waals surface area contributed by atoms with E-state index in [1.54, 1.807) is 119 Å². The summed E-state index contributed by atoms with van der Waals surface area (Å²) in [5.74, 6) is -48.5. The van der Waals surface area contributed by atoms with Gasteiger partial charge in [0.05, 0.1) is 0 Å². The van der Waals surface area contributed by atoms with E-state index in [1.807, 2.05) is 0 Å². The van der Waals surface area contributed by atoms with Crippen LogP contribution in [0.4, 0.5) is 65.9 Å². The molecule has 8 rings (SSSR count). The molecule has 22 heteroatoms. The SMILES string of the molecule is CC(C)C[N]1C2=CC=CC=CC2=[N+](CC(C)C)[Ge@@]1([O][B-](c1c(F)c(F)c(F)c(F)c1F)(c1c(F)c(F)c(F)c(F)c1F)c1c(F)c(F)c(F)c(F)c1F)[O][Si](c1ccccc1)(c1ccccc1)c1ccccc1.